The summed E-state index contributed by atoms with van der Waals surface area (Å²) in [6.45, 7) is 6.57. The summed E-state index contributed by atoms with van der Waals surface area (Å²) in [6, 6.07) is 5.60. The number of nitrogens with one attached hydrogen (secondary N) is 1. The molecule has 0 bridgehead atoms. The van der Waals surface area contributed by atoms with Crippen molar-refractivity contribution in [2.24, 2.45) is 0 Å². The van der Waals surface area contributed by atoms with Crippen LogP contribution in [0.5, 0.6) is 0 Å². The second kappa shape index (κ2) is 7.59. The van der Waals surface area contributed by atoms with E-state index in [1.165, 1.54) is 24.1 Å². The highest BCUT2D eigenvalue weighted by atomic mass is 16.5. The first-order valence-corrected chi connectivity index (χ1v) is 10.2. The van der Waals surface area contributed by atoms with Gasteiger partial charge in [0.05, 0.1) is 17.8 Å². The van der Waals surface area contributed by atoms with E-state index in [2.05, 4.69) is 4.98 Å². The highest BCUT2D eigenvalue weighted by Crippen LogP contribution is 2.30. The molecule has 28 heavy (non-hydrogen) atoms. The van der Waals surface area contributed by atoms with Gasteiger partial charge in [0, 0.05) is 29.7 Å². The maximum atomic E-state index is 12.7. The molecule has 1 N–H and O–H groups in total. The standard InChI is InChI=1S/C22H28N2O4/c1-13-11-24(12-14(2)27-13)21(25)15(3)28-22(26)16-8-9-20-18(10-16)17-6-4-5-7-19(17)23-20/h8-10,13-15,23H,4-7,11-12H2,1-3H3/t13-,14-,15-/m1/s1. The van der Waals surface area contributed by atoms with Gasteiger partial charge in [-0.15, -0.1) is 0 Å². The molecule has 0 saturated carbocycles. The van der Waals surface area contributed by atoms with Crippen molar-refractivity contribution in [1.82, 2.24) is 9.88 Å². The molecular weight excluding hydrogens is 356 g/mol. The van der Waals surface area contributed by atoms with Crippen LogP contribution in [-0.2, 0) is 27.1 Å². The van der Waals surface area contributed by atoms with E-state index in [9.17, 15) is 9.59 Å². The molecule has 1 aromatic heterocycles. The average molecular weight is 384 g/mol. The third-order valence-electron chi connectivity index (χ3n) is 5.70. The Bertz CT molecular complexity index is 893. The van der Waals surface area contributed by atoms with Gasteiger partial charge in [-0.1, -0.05) is 0 Å². The Hall–Kier alpha value is -2.34. The van der Waals surface area contributed by atoms with Crippen LogP contribution in [0.1, 0.15) is 55.2 Å². The van der Waals surface area contributed by atoms with Crippen LogP contribution in [0, 0.1) is 0 Å². The summed E-state index contributed by atoms with van der Waals surface area (Å²) < 4.78 is 11.2. The Kier molecular flexibility index (Phi) is 5.15. The molecule has 4 rings (SSSR count). The van der Waals surface area contributed by atoms with Gasteiger partial charge in [0.15, 0.2) is 6.10 Å². The van der Waals surface area contributed by atoms with Gasteiger partial charge in [0.25, 0.3) is 5.91 Å². The van der Waals surface area contributed by atoms with Crippen molar-refractivity contribution >= 4 is 22.8 Å². The van der Waals surface area contributed by atoms with E-state index in [1.807, 2.05) is 26.0 Å². The SMILES string of the molecule is C[C@@H]1CN(C(=O)[C@@H](C)OC(=O)c2ccc3[nH]c4c(c3c2)CCCC4)C[C@@H](C)O1. The molecule has 1 aliphatic carbocycles. The summed E-state index contributed by atoms with van der Waals surface area (Å²) in [5, 5.41) is 1.10. The summed E-state index contributed by atoms with van der Waals surface area (Å²) in [6.07, 6.45) is 3.63. The molecule has 3 atom stereocenters. The lowest BCUT2D eigenvalue weighted by Gasteiger charge is -2.36. The predicted octanol–water partition coefficient (Wildman–Crippen LogP) is 3.23. The number of hydrogen-bond donors (Lipinski definition) is 1. The Balaban J connectivity index is 1.47. The number of aromatic nitrogens is 1. The van der Waals surface area contributed by atoms with Gasteiger partial charge >= 0.3 is 5.97 Å². The second-order valence-corrected chi connectivity index (χ2v) is 8.10. The van der Waals surface area contributed by atoms with Crippen LogP contribution in [0.15, 0.2) is 18.2 Å². The molecule has 0 radical (unpaired) electrons. The minimum Gasteiger partial charge on any atom is -0.449 e. The molecular formula is C22H28N2O4. The number of carbonyl (C=O) groups excluding carboxylic acids is 2. The third-order valence-corrected chi connectivity index (χ3v) is 5.70. The lowest BCUT2D eigenvalue weighted by atomic mass is 9.95. The van der Waals surface area contributed by atoms with Crippen LogP contribution < -0.4 is 0 Å². The lowest BCUT2D eigenvalue weighted by molar-refractivity contribution is -0.151. The Morgan fingerprint density at radius 1 is 1.18 bits per heavy atom. The normalized spacial score (nSPS) is 23.3. The molecule has 150 valence electrons. The van der Waals surface area contributed by atoms with Crippen molar-refractivity contribution < 1.29 is 19.1 Å². The van der Waals surface area contributed by atoms with Crippen molar-refractivity contribution in [3.8, 4) is 0 Å². The van der Waals surface area contributed by atoms with Crippen LogP contribution in [0.2, 0.25) is 0 Å². The smallest absolute Gasteiger partial charge is 0.338 e. The number of carbonyl (C=O) groups is 2. The number of aromatic amines is 1. The molecule has 2 aromatic rings. The first kappa shape index (κ1) is 19.0. The topological polar surface area (TPSA) is 71.6 Å². The number of morpholine rings is 1. The van der Waals surface area contributed by atoms with Crippen LogP contribution in [0.25, 0.3) is 10.9 Å². The van der Waals surface area contributed by atoms with Crippen molar-refractivity contribution in [3.05, 3.63) is 35.0 Å². The van der Waals surface area contributed by atoms with E-state index in [0.29, 0.717) is 18.7 Å². The zero-order valence-corrected chi connectivity index (χ0v) is 16.8. The largest absolute Gasteiger partial charge is 0.449 e. The van der Waals surface area contributed by atoms with Crippen molar-refractivity contribution in [3.63, 3.8) is 0 Å². The van der Waals surface area contributed by atoms with Crippen molar-refractivity contribution in [2.75, 3.05) is 13.1 Å². The molecule has 0 spiro atoms. The van der Waals surface area contributed by atoms with Gasteiger partial charge in [0.1, 0.15) is 0 Å². The van der Waals surface area contributed by atoms with E-state index in [4.69, 9.17) is 9.47 Å². The number of H-pyrrole nitrogens is 1. The van der Waals surface area contributed by atoms with Gasteiger partial charge in [-0.25, -0.2) is 4.79 Å². The zero-order valence-electron chi connectivity index (χ0n) is 16.8. The average Bonchev–Trinajstić information content (AvgIpc) is 3.04. The number of ether oxygens (including phenoxy) is 2. The highest BCUT2D eigenvalue weighted by Gasteiger charge is 2.30. The van der Waals surface area contributed by atoms with Crippen LogP contribution in [0.3, 0.4) is 0 Å². The summed E-state index contributed by atoms with van der Waals surface area (Å²) in [4.78, 5) is 30.6. The number of fused-ring (bicyclic) bond motifs is 3. The fourth-order valence-corrected chi connectivity index (χ4v) is 4.43. The molecule has 1 saturated heterocycles. The van der Waals surface area contributed by atoms with Crippen LogP contribution in [0.4, 0.5) is 0 Å². The maximum Gasteiger partial charge on any atom is 0.338 e. The van der Waals surface area contributed by atoms with Crippen molar-refractivity contribution in [2.45, 2.75) is 64.8 Å². The summed E-state index contributed by atoms with van der Waals surface area (Å²) in [5.41, 5.74) is 4.15. The molecule has 6 heteroatoms. The third kappa shape index (κ3) is 3.65. The summed E-state index contributed by atoms with van der Waals surface area (Å²) in [5.74, 6) is -0.627. The summed E-state index contributed by atoms with van der Waals surface area (Å²) in [7, 11) is 0. The van der Waals surface area contributed by atoms with Gasteiger partial charge in [-0.3, -0.25) is 4.79 Å². The molecule has 1 amide bonds. The van der Waals surface area contributed by atoms with Gasteiger partial charge in [-0.05, 0) is 70.2 Å². The fourth-order valence-electron chi connectivity index (χ4n) is 4.43. The van der Waals surface area contributed by atoms with E-state index < -0.39 is 12.1 Å². The van der Waals surface area contributed by atoms with Gasteiger partial charge in [0.2, 0.25) is 0 Å². The molecule has 6 nitrogen and oxygen atoms in total. The minimum atomic E-state index is -0.819. The summed E-state index contributed by atoms with van der Waals surface area (Å²) >= 11 is 0. The second-order valence-electron chi connectivity index (χ2n) is 8.10. The molecule has 0 unspecified atom stereocenters. The van der Waals surface area contributed by atoms with E-state index >= 15 is 0 Å². The predicted molar refractivity (Wildman–Crippen MR) is 106 cm³/mol. The Morgan fingerprint density at radius 2 is 1.89 bits per heavy atom. The van der Waals surface area contributed by atoms with Crippen molar-refractivity contribution in [1.29, 1.82) is 0 Å². The highest BCUT2D eigenvalue weighted by molar-refractivity contribution is 5.97. The zero-order chi connectivity index (χ0) is 19.8. The molecule has 2 aliphatic rings. The van der Waals surface area contributed by atoms with E-state index in [1.54, 1.807) is 17.9 Å². The Labute approximate surface area is 165 Å². The number of esters is 1. The fraction of sp³-hybridized carbons (Fsp3) is 0.545. The van der Waals surface area contributed by atoms with Crippen LogP contribution >= 0.6 is 0 Å². The molecule has 1 fully saturated rings. The van der Waals surface area contributed by atoms with Gasteiger partial charge in [-0.2, -0.15) is 0 Å². The quantitative estimate of drug-likeness (QED) is 0.825. The molecule has 1 aromatic carbocycles. The van der Waals surface area contributed by atoms with E-state index in [0.717, 1.165) is 23.7 Å². The Morgan fingerprint density at radius 3 is 2.64 bits per heavy atom. The van der Waals surface area contributed by atoms with Gasteiger partial charge < -0.3 is 19.4 Å². The maximum absolute atomic E-state index is 12.7. The number of benzene rings is 1. The minimum absolute atomic E-state index is 0.0159. The number of amides is 1. The molecule has 2 heterocycles. The van der Waals surface area contributed by atoms with E-state index in [-0.39, 0.29) is 18.1 Å². The number of aryl methyl sites for hydroxylation is 2. The van der Waals surface area contributed by atoms with Crippen LogP contribution in [-0.4, -0.2) is 53.2 Å². The lowest BCUT2D eigenvalue weighted by Crippen LogP contribution is -2.51. The number of hydrogen-bond acceptors (Lipinski definition) is 4. The monoisotopic (exact) mass is 384 g/mol. The number of rotatable bonds is 3. The molecule has 1 aliphatic heterocycles. The number of nitrogens with zero attached hydrogens (tertiary/aromatic N) is 1. The first-order valence-electron chi connectivity index (χ1n) is 10.2. The first-order chi connectivity index (χ1) is 13.4.